The molecule has 1 aromatic heterocycles. The lowest BCUT2D eigenvalue weighted by atomic mass is 10.1. The van der Waals surface area contributed by atoms with Gasteiger partial charge in [0.05, 0.1) is 22.6 Å². The Labute approximate surface area is 122 Å². The standard InChI is InChI=1S/C14H19ClN4O/c1-4-18-11-6-9(3)10(17-13(16)8-15)7-12(11)19(5-2)14(18)20/h6-7H,4-5,8H2,1-3H3,(H2,16,17). The van der Waals surface area contributed by atoms with Crippen molar-refractivity contribution in [2.75, 3.05) is 5.88 Å². The third-order valence-corrected chi connectivity index (χ3v) is 3.64. The van der Waals surface area contributed by atoms with Gasteiger partial charge >= 0.3 is 5.69 Å². The average Bonchev–Trinajstić information content (AvgIpc) is 2.69. The number of amidine groups is 1. The van der Waals surface area contributed by atoms with E-state index in [0.717, 1.165) is 22.3 Å². The van der Waals surface area contributed by atoms with Gasteiger partial charge in [-0.05, 0) is 38.5 Å². The highest BCUT2D eigenvalue weighted by molar-refractivity contribution is 6.28. The first-order chi connectivity index (χ1) is 9.53. The third-order valence-electron chi connectivity index (χ3n) is 3.37. The van der Waals surface area contributed by atoms with Crippen LogP contribution in [-0.2, 0) is 13.1 Å². The van der Waals surface area contributed by atoms with E-state index in [1.807, 2.05) is 32.9 Å². The zero-order valence-corrected chi connectivity index (χ0v) is 12.7. The molecule has 2 N–H and O–H groups in total. The number of aliphatic imine (C=N–C) groups is 1. The normalized spacial score (nSPS) is 12.3. The van der Waals surface area contributed by atoms with E-state index >= 15 is 0 Å². The number of nitrogens with two attached hydrogens (primary N) is 1. The van der Waals surface area contributed by atoms with Crippen LogP contribution in [0, 0.1) is 6.92 Å². The molecule has 20 heavy (non-hydrogen) atoms. The Hall–Kier alpha value is -1.75. The number of alkyl halides is 1. The van der Waals surface area contributed by atoms with E-state index in [9.17, 15) is 4.79 Å². The van der Waals surface area contributed by atoms with Crippen LogP contribution in [0.4, 0.5) is 5.69 Å². The number of imidazole rings is 1. The van der Waals surface area contributed by atoms with Gasteiger partial charge in [-0.25, -0.2) is 9.79 Å². The maximum absolute atomic E-state index is 12.3. The van der Waals surface area contributed by atoms with Crippen LogP contribution in [-0.4, -0.2) is 20.8 Å². The summed E-state index contributed by atoms with van der Waals surface area (Å²) in [6, 6.07) is 3.88. The Morgan fingerprint density at radius 2 is 1.80 bits per heavy atom. The van der Waals surface area contributed by atoms with Crippen LogP contribution >= 0.6 is 11.6 Å². The summed E-state index contributed by atoms with van der Waals surface area (Å²) in [4.78, 5) is 16.6. The summed E-state index contributed by atoms with van der Waals surface area (Å²) in [5.41, 5.74) is 9.24. The quantitative estimate of drug-likeness (QED) is 0.534. The molecule has 108 valence electrons. The first-order valence-electron chi connectivity index (χ1n) is 6.66. The Morgan fingerprint density at radius 3 is 2.30 bits per heavy atom. The van der Waals surface area contributed by atoms with E-state index < -0.39 is 0 Å². The second-order valence-corrected chi connectivity index (χ2v) is 4.90. The van der Waals surface area contributed by atoms with Gasteiger partial charge in [-0.2, -0.15) is 0 Å². The predicted molar refractivity (Wildman–Crippen MR) is 84.3 cm³/mol. The maximum atomic E-state index is 12.3. The van der Waals surface area contributed by atoms with E-state index in [1.54, 1.807) is 9.13 Å². The van der Waals surface area contributed by atoms with Gasteiger partial charge in [0.1, 0.15) is 5.84 Å². The fraction of sp³-hybridized carbons (Fsp3) is 0.429. The van der Waals surface area contributed by atoms with Gasteiger partial charge in [-0.15, -0.1) is 11.6 Å². The lowest BCUT2D eigenvalue weighted by molar-refractivity contribution is 0.671. The molecule has 1 heterocycles. The first-order valence-corrected chi connectivity index (χ1v) is 7.19. The molecule has 0 saturated carbocycles. The number of halogens is 1. The Balaban J connectivity index is 2.79. The highest BCUT2D eigenvalue weighted by atomic mass is 35.5. The minimum absolute atomic E-state index is 0.0100. The molecular formula is C14H19ClN4O. The van der Waals surface area contributed by atoms with Crippen molar-refractivity contribution in [3.63, 3.8) is 0 Å². The first kappa shape index (κ1) is 14.7. The van der Waals surface area contributed by atoms with Gasteiger partial charge in [-0.1, -0.05) is 0 Å². The maximum Gasteiger partial charge on any atom is 0.329 e. The topological polar surface area (TPSA) is 65.3 Å². The number of hydrogen-bond acceptors (Lipinski definition) is 2. The van der Waals surface area contributed by atoms with Crippen LogP contribution in [0.5, 0.6) is 0 Å². The Morgan fingerprint density at radius 1 is 1.25 bits per heavy atom. The molecule has 0 fully saturated rings. The zero-order chi connectivity index (χ0) is 14.9. The van der Waals surface area contributed by atoms with Crippen molar-refractivity contribution in [3.8, 4) is 0 Å². The van der Waals surface area contributed by atoms with Crippen LogP contribution in [0.25, 0.3) is 11.0 Å². The molecule has 0 aliphatic carbocycles. The summed E-state index contributed by atoms with van der Waals surface area (Å²) in [5, 5.41) is 0. The number of fused-ring (bicyclic) bond motifs is 1. The van der Waals surface area contributed by atoms with Gasteiger partial charge in [-0.3, -0.25) is 9.13 Å². The fourth-order valence-electron chi connectivity index (χ4n) is 2.37. The molecule has 0 atom stereocenters. The van der Waals surface area contributed by atoms with Crippen molar-refractivity contribution < 1.29 is 0 Å². The second kappa shape index (κ2) is 5.71. The van der Waals surface area contributed by atoms with Crippen LogP contribution < -0.4 is 11.4 Å². The number of hydrogen-bond donors (Lipinski definition) is 1. The smallest absolute Gasteiger partial charge is 0.329 e. The van der Waals surface area contributed by atoms with E-state index in [-0.39, 0.29) is 11.6 Å². The second-order valence-electron chi connectivity index (χ2n) is 4.64. The van der Waals surface area contributed by atoms with Crippen molar-refractivity contribution in [1.82, 2.24) is 9.13 Å². The molecule has 0 radical (unpaired) electrons. The molecular weight excluding hydrogens is 276 g/mol. The molecule has 0 unspecified atom stereocenters. The molecule has 0 saturated heterocycles. The van der Waals surface area contributed by atoms with Gasteiger partial charge in [0.2, 0.25) is 0 Å². The van der Waals surface area contributed by atoms with Crippen molar-refractivity contribution in [1.29, 1.82) is 0 Å². The summed E-state index contributed by atoms with van der Waals surface area (Å²) in [6.45, 7) is 7.14. The van der Waals surface area contributed by atoms with Gasteiger partial charge in [0, 0.05) is 13.1 Å². The number of aromatic nitrogens is 2. The van der Waals surface area contributed by atoms with Crippen LogP contribution in [0.2, 0.25) is 0 Å². The summed E-state index contributed by atoms with van der Waals surface area (Å²) >= 11 is 5.67. The van der Waals surface area contributed by atoms with Crippen LogP contribution in [0.1, 0.15) is 19.4 Å². The summed E-state index contributed by atoms with van der Waals surface area (Å²) in [7, 11) is 0. The van der Waals surface area contributed by atoms with E-state index in [0.29, 0.717) is 18.9 Å². The van der Waals surface area contributed by atoms with Crippen molar-refractivity contribution in [2.45, 2.75) is 33.9 Å². The van der Waals surface area contributed by atoms with E-state index in [2.05, 4.69) is 4.99 Å². The molecule has 5 nitrogen and oxygen atoms in total. The largest absolute Gasteiger partial charge is 0.386 e. The number of rotatable bonds is 4. The highest BCUT2D eigenvalue weighted by Crippen LogP contribution is 2.25. The van der Waals surface area contributed by atoms with Gasteiger partial charge in [0.25, 0.3) is 0 Å². The molecule has 0 aliphatic heterocycles. The monoisotopic (exact) mass is 294 g/mol. The molecule has 0 bridgehead atoms. The molecule has 1 aromatic carbocycles. The predicted octanol–water partition coefficient (Wildman–Crippen LogP) is 2.38. The lowest BCUT2D eigenvalue weighted by Crippen LogP contribution is -2.23. The van der Waals surface area contributed by atoms with Gasteiger partial charge < -0.3 is 5.73 Å². The number of benzene rings is 1. The summed E-state index contributed by atoms with van der Waals surface area (Å²) in [5.74, 6) is 0.558. The highest BCUT2D eigenvalue weighted by Gasteiger charge is 2.13. The van der Waals surface area contributed by atoms with E-state index in [1.165, 1.54) is 0 Å². The summed E-state index contributed by atoms with van der Waals surface area (Å²) < 4.78 is 3.51. The van der Waals surface area contributed by atoms with Crippen molar-refractivity contribution in [2.24, 2.45) is 10.7 Å². The molecule has 0 amide bonds. The van der Waals surface area contributed by atoms with Crippen molar-refractivity contribution in [3.05, 3.63) is 28.2 Å². The zero-order valence-electron chi connectivity index (χ0n) is 12.0. The third kappa shape index (κ3) is 2.33. The molecule has 0 spiro atoms. The molecule has 6 heteroatoms. The minimum Gasteiger partial charge on any atom is -0.386 e. The van der Waals surface area contributed by atoms with E-state index in [4.69, 9.17) is 17.3 Å². The number of nitrogens with zero attached hydrogens (tertiary/aromatic N) is 3. The summed E-state index contributed by atoms with van der Waals surface area (Å²) in [6.07, 6.45) is 0. The van der Waals surface area contributed by atoms with Crippen LogP contribution in [0.15, 0.2) is 21.9 Å². The van der Waals surface area contributed by atoms with Crippen LogP contribution in [0.3, 0.4) is 0 Å². The number of aryl methyl sites for hydroxylation is 3. The molecule has 2 rings (SSSR count). The van der Waals surface area contributed by atoms with Gasteiger partial charge in [0.15, 0.2) is 0 Å². The average molecular weight is 295 g/mol. The SMILES string of the molecule is CCn1c(=O)n(CC)c2cc(N=C(N)CCl)c(C)cc21. The Bertz CT molecular complexity index is 727. The van der Waals surface area contributed by atoms with Crippen molar-refractivity contribution >= 4 is 34.2 Å². The lowest BCUT2D eigenvalue weighted by Gasteiger charge is -2.05. The Kier molecular flexibility index (Phi) is 4.18. The molecule has 2 aromatic rings. The fourth-order valence-corrected chi connectivity index (χ4v) is 2.43. The molecule has 0 aliphatic rings. The minimum atomic E-state index is 0.0100.